The number of aliphatic hydroxyl groups is 1. The Hall–Kier alpha value is -0.110. The molecule has 2 N–H and O–H groups in total. The molecule has 0 bridgehead atoms. The maximum Gasteiger partial charge on any atom is 0.320 e. The Labute approximate surface area is 178 Å². The summed E-state index contributed by atoms with van der Waals surface area (Å²) in [7, 11) is -3.81. The lowest BCUT2D eigenvalue weighted by Crippen LogP contribution is -2.55. The van der Waals surface area contributed by atoms with Crippen LogP contribution in [0.3, 0.4) is 0 Å². The second kappa shape index (κ2) is 7.21. The lowest BCUT2D eigenvalue weighted by Gasteiger charge is -2.61. The van der Waals surface area contributed by atoms with Gasteiger partial charge in [0.1, 0.15) is 5.78 Å². The number of Topliss-reactive ketones (excluding diaryl/α,β-unsaturated/α-hetero) is 1. The van der Waals surface area contributed by atoms with Crippen LogP contribution < -0.4 is 0 Å². The van der Waals surface area contributed by atoms with Gasteiger partial charge in [-0.25, -0.2) is 0 Å². The van der Waals surface area contributed by atoms with Crippen molar-refractivity contribution in [3.8, 4) is 0 Å². The highest BCUT2D eigenvalue weighted by Crippen LogP contribution is 2.68. The summed E-state index contributed by atoms with van der Waals surface area (Å²) >= 11 is 0. The van der Waals surface area contributed by atoms with Crippen LogP contribution >= 0.6 is 10.8 Å². The zero-order chi connectivity index (χ0) is 21.2. The molecule has 0 radical (unpaired) electrons. The van der Waals surface area contributed by atoms with Gasteiger partial charge in [-0.15, -0.1) is 0 Å². The Bertz CT molecular complexity index is 778. The van der Waals surface area contributed by atoms with Gasteiger partial charge in [0.15, 0.2) is 0 Å². The van der Waals surface area contributed by atoms with Crippen molar-refractivity contribution in [3.05, 3.63) is 0 Å². The van der Waals surface area contributed by atoms with Crippen LogP contribution in [0.25, 0.3) is 0 Å². The Morgan fingerprint density at radius 3 is 2.34 bits per heavy atom. The predicted octanol–water partition coefficient (Wildman–Crippen LogP) is 4.50. The van der Waals surface area contributed by atoms with Gasteiger partial charge in [-0.1, -0.05) is 13.8 Å². The summed E-state index contributed by atoms with van der Waals surface area (Å²) < 4.78 is 31.1. The first-order valence-corrected chi connectivity index (χ1v) is 14.2. The fraction of sp³-hybridized carbons (Fsp3) is 0.955. The number of hydrogen-bond acceptors (Lipinski definition) is 5. The SMILES string of the molecule is C[C@@]1(O)CC[C@@]2(C)[C@@H](CC[C@@H]3[C@@H]2CC[C@]2(C)[C@@H](C(=O)CSS(=O)(=O)O)CC[C@@H]32)C1. The molecule has 166 valence electrons. The number of carbonyl (C=O) groups excluding carboxylic acids is 1. The molecule has 0 aromatic heterocycles. The average molecular weight is 445 g/mol. The summed E-state index contributed by atoms with van der Waals surface area (Å²) in [6.07, 6.45) is 9.36. The fourth-order valence-corrected chi connectivity index (χ4v) is 9.45. The van der Waals surface area contributed by atoms with Crippen molar-refractivity contribution in [1.82, 2.24) is 0 Å². The molecule has 0 unspecified atom stereocenters. The van der Waals surface area contributed by atoms with Gasteiger partial charge in [0.25, 0.3) is 0 Å². The molecule has 4 rings (SSSR count). The van der Waals surface area contributed by atoms with Crippen LogP contribution in [0, 0.1) is 40.4 Å². The molecule has 0 aliphatic heterocycles. The first-order chi connectivity index (χ1) is 13.4. The normalized spacial score (nSPS) is 49.8. The van der Waals surface area contributed by atoms with Gasteiger partial charge in [-0.3, -0.25) is 9.35 Å². The molecular weight excluding hydrogens is 408 g/mol. The van der Waals surface area contributed by atoms with Gasteiger partial charge in [-0.2, -0.15) is 8.42 Å². The van der Waals surface area contributed by atoms with Crippen LogP contribution in [0.4, 0.5) is 0 Å². The highest BCUT2D eigenvalue weighted by molar-refractivity contribution is 8.70. The fourth-order valence-electron chi connectivity index (χ4n) is 8.19. The van der Waals surface area contributed by atoms with Crippen molar-refractivity contribution >= 4 is 25.7 Å². The van der Waals surface area contributed by atoms with Crippen LogP contribution in [0.5, 0.6) is 0 Å². The Kier molecular flexibility index (Phi) is 5.49. The summed E-state index contributed by atoms with van der Waals surface area (Å²) in [6.45, 7) is 6.72. The maximum atomic E-state index is 12.9. The van der Waals surface area contributed by atoms with Gasteiger partial charge in [0, 0.05) is 16.7 Å². The Morgan fingerprint density at radius 1 is 0.966 bits per heavy atom. The van der Waals surface area contributed by atoms with Crippen molar-refractivity contribution in [2.45, 2.75) is 84.2 Å². The lowest BCUT2D eigenvalue weighted by atomic mass is 9.44. The predicted molar refractivity (Wildman–Crippen MR) is 115 cm³/mol. The summed E-state index contributed by atoms with van der Waals surface area (Å²) in [6, 6.07) is 0. The van der Waals surface area contributed by atoms with Gasteiger partial charge in [0.05, 0.1) is 11.4 Å². The molecular formula is C22H36O5S2. The molecule has 4 fully saturated rings. The second-order valence-corrected chi connectivity index (χ2v) is 14.5. The van der Waals surface area contributed by atoms with E-state index in [-0.39, 0.29) is 22.9 Å². The molecule has 4 aliphatic rings. The van der Waals surface area contributed by atoms with Crippen molar-refractivity contribution in [3.63, 3.8) is 0 Å². The van der Waals surface area contributed by atoms with Gasteiger partial charge < -0.3 is 5.11 Å². The van der Waals surface area contributed by atoms with Crippen molar-refractivity contribution in [2.75, 3.05) is 5.75 Å². The van der Waals surface area contributed by atoms with E-state index in [0.717, 1.165) is 44.9 Å². The second-order valence-electron chi connectivity index (χ2n) is 11.2. The van der Waals surface area contributed by atoms with E-state index in [4.69, 9.17) is 4.55 Å². The molecule has 0 heterocycles. The van der Waals surface area contributed by atoms with E-state index in [1.165, 1.54) is 12.8 Å². The Balaban J connectivity index is 1.51. The highest BCUT2D eigenvalue weighted by atomic mass is 33.1. The molecule has 29 heavy (non-hydrogen) atoms. The van der Waals surface area contributed by atoms with Gasteiger partial charge in [0.2, 0.25) is 0 Å². The minimum atomic E-state index is -4.17. The summed E-state index contributed by atoms with van der Waals surface area (Å²) in [5.74, 6) is 2.22. The van der Waals surface area contributed by atoms with E-state index >= 15 is 0 Å². The summed E-state index contributed by atoms with van der Waals surface area (Å²) in [5.41, 5.74) is -0.257. The smallest absolute Gasteiger partial charge is 0.320 e. The monoisotopic (exact) mass is 444 g/mol. The zero-order valence-corrected chi connectivity index (χ0v) is 19.5. The van der Waals surface area contributed by atoms with Crippen molar-refractivity contribution in [1.29, 1.82) is 0 Å². The van der Waals surface area contributed by atoms with E-state index in [0.29, 0.717) is 39.9 Å². The van der Waals surface area contributed by atoms with Crippen LogP contribution in [-0.4, -0.2) is 35.2 Å². The number of ketones is 1. The number of hydrogen-bond donors (Lipinski definition) is 2. The maximum absolute atomic E-state index is 12.9. The third kappa shape index (κ3) is 3.83. The molecule has 0 aromatic carbocycles. The largest absolute Gasteiger partial charge is 0.390 e. The van der Waals surface area contributed by atoms with Crippen molar-refractivity contribution in [2.24, 2.45) is 40.4 Å². The topological polar surface area (TPSA) is 91.7 Å². The van der Waals surface area contributed by atoms with E-state index in [1.54, 1.807) is 0 Å². The quantitative estimate of drug-likeness (QED) is 0.490. The summed E-state index contributed by atoms with van der Waals surface area (Å²) in [5, 5.41) is 10.6. The molecule has 4 saturated carbocycles. The molecule has 0 saturated heterocycles. The van der Waals surface area contributed by atoms with Crippen LogP contribution in [0.15, 0.2) is 0 Å². The van der Waals surface area contributed by atoms with E-state index in [1.807, 2.05) is 6.92 Å². The average Bonchev–Trinajstić information content (AvgIpc) is 2.97. The van der Waals surface area contributed by atoms with E-state index < -0.39 is 14.8 Å². The van der Waals surface area contributed by atoms with Crippen LogP contribution in [-0.2, 0) is 13.9 Å². The highest BCUT2D eigenvalue weighted by Gasteiger charge is 2.61. The summed E-state index contributed by atoms with van der Waals surface area (Å²) in [4.78, 5) is 12.9. The lowest BCUT2D eigenvalue weighted by molar-refractivity contribution is -0.150. The number of fused-ring (bicyclic) bond motifs is 5. The molecule has 0 amide bonds. The van der Waals surface area contributed by atoms with E-state index in [2.05, 4.69) is 13.8 Å². The van der Waals surface area contributed by atoms with Crippen LogP contribution in [0.2, 0.25) is 0 Å². The van der Waals surface area contributed by atoms with E-state index in [9.17, 15) is 18.3 Å². The molecule has 7 heteroatoms. The van der Waals surface area contributed by atoms with Crippen LogP contribution in [0.1, 0.15) is 78.6 Å². The Morgan fingerprint density at radius 2 is 1.66 bits per heavy atom. The molecule has 4 aliphatic carbocycles. The standard InChI is InChI=1S/C22H36O5S2/c1-20(24)10-11-21(2)14(12-20)4-5-15-16-6-7-18(19(23)13-28-29(25,26)27)22(16,3)9-8-17(15)21/h14-18,24H,4-13H2,1-3H3,(H,25,26,27)/t14-,15-,16-,17-,18+,20+,21-,22-/m0/s1. The molecule has 0 spiro atoms. The molecule has 8 atom stereocenters. The first-order valence-electron chi connectivity index (χ1n) is 11.2. The minimum absolute atomic E-state index is 0.00955. The van der Waals surface area contributed by atoms with Crippen molar-refractivity contribution < 1.29 is 22.9 Å². The minimum Gasteiger partial charge on any atom is -0.390 e. The number of rotatable bonds is 4. The van der Waals surface area contributed by atoms with Gasteiger partial charge in [-0.05, 0) is 99.2 Å². The third-order valence-electron chi connectivity index (χ3n) is 9.69. The third-order valence-corrected chi connectivity index (χ3v) is 11.6. The zero-order valence-electron chi connectivity index (χ0n) is 17.9. The first kappa shape index (κ1) is 22.1. The molecule has 0 aromatic rings. The number of carbonyl (C=O) groups is 1. The van der Waals surface area contributed by atoms with Gasteiger partial charge >= 0.3 is 9.15 Å². The molecule has 5 nitrogen and oxygen atoms in total.